The Kier molecular flexibility index (Phi) is 5.70. The highest BCUT2D eigenvalue weighted by atomic mass is 79.9. The molecule has 0 aliphatic rings. The smallest absolute Gasteiger partial charge is 0.0541 e. The van der Waals surface area contributed by atoms with Gasteiger partial charge in [0.25, 0.3) is 0 Å². The number of aromatic nitrogens is 1. The van der Waals surface area contributed by atoms with Gasteiger partial charge < -0.3 is 4.57 Å². The van der Waals surface area contributed by atoms with Crippen LogP contribution in [0.3, 0.4) is 0 Å². The van der Waals surface area contributed by atoms with Crippen molar-refractivity contribution in [2.45, 2.75) is 6.92 Å². The predicted octanol–water partition coefficient (Wildman–Crippen LogP) is 8.69. The standard InChI is InChI=1S/C25H19NS.CH3Br/c1-3-9-18-19-10-5-7-12-23(19)26(22(18)4-2)17-14-15-21-20-11-6-8-13-24(20)27-25(21)16-17;1-2/h3-16H,2H2,1H3;1H3/b9-3-;. The lowest BCUT2D eigenvalue weighted by Gasteiger charge is -2.09. The zero-order chi connectivity index (χ0) is 20.4. The number of alkyl halides is 1. The maximum Gasteiger partial charge on any atom is 0.0541 e. The van der Waals surface area contributed by atoms with E-state index in [1.807, 2.05) is 23.2 Å². The highest BCUT2D eigenvalue weighted by Gasteiger charge is 2.15. The largest absolute Gasteiger partial charge is 0.309 e. The van der Waals surface area contributed by atoms with Crippen LogP contribution in [0, 0.1) is 0 Å². The lowest BCUT2D eigenvalue weighted by atomic mass is 10.1. The van der Waals surface area contributed by atoms with Crippen molar-refractivity contribution in [3.8, 4) is 5.69 Å². The number of hydrogen-bond acceptors (Lipinski definition) is 1. The summed E-state index contributed by atoms with van der Waals surface area (Å²) in [5.41, 5.74) is 4.74. The molecule has 0 N–H and O–H groups in total. The molecule has 0 spiro atoms. The van der Waals surface area contributed by atoms with Crippen LogP contribution in [0.25, 0.3) is 48.9 Å². The average molecular weight is 460 g/mol. The van der Waals surface area contributed by atoms with Gasteiger partial charge in [-0.05, 0) is 43.1 Å². The minimum atomic E-state index is 1.13. The first-order chi connectivity index (χ1) is 14.3. The third-order valence-electron chi connectivity index (χ3n) is 5.10. The van der Waals surface area contributed by atoms with Gasteiger partial charge in [0.15, 0.2) is 0 Å². The molecule has 0 aliphatic carbocycles. The molecule has 0 amide bonds. The molecule has 5 rings (SSSR count). The molecule has 0 unspecified atom stereocenters. The van der Waals surface area contributed by atoms with Gasteiger partial charge in [-0.3, -0.25) is 0 Å². The number of fused-ring (bicyclic) bond motifs is 4. The molecule has 5 aromatic rings. The third kappa shape index (κ3) is 3.25. The molecule has 0 saturated heterocycles. The second-order valence-corrected chi connectivity index (χ2v) is 7.72. The molecule has 0 saturated carbocycles. The first-order valence-corrected chi connectivity index (χ1v) is 11.9. The van der Waals surface area contributed by atoms with Gasteiger partial charge in [-0.2, -0.15) is 0 Å². The summed E-state index contributed by atoms with van der Waals surface area (Å²) in [5, 5.41) is 3.91. The summed E-state index contributed by atoms with van der Waals surface area (Å²) < 4.78 is 4.97. The highest BCUT2D eigenvalue weighted by molar-refractivity contribution is 9.08. The van der Waals surface area contributed by atoms with Crippen LogP contribution in [0.4, 0.5) is 0 Å². The van der Waals surface area contributed by atoms with Crippen molar-refractivity contribution in [2.75, 3.05) is 5.83 Å². The Bertz CT molecular complexity index is 1350. The number of thiophene rings is 1. The van der Waals surface area contributed by atoms with E-state index in [-0.39, 0.29) is 0 Å². The molecule has 3 heteroatoms. The Hall–Kier alpha value is -2.62. The molecule has 1 nitrogen and oxygen atoms in total. The molecular weight excluding hydrogens is 438 g/mol. The highest BCUT2D eigenvalue weighted by Crippen LogP contribution is 2.37. The van der Waals surface area contributed by atoms with Crippen molar-refractivity contribution >= 4 is 70.5 Å². The molecule has 3 aromatic carbocycles. The summed E-state index contributed by atoms with van der Waals surface area (Å²) in [6.45, 7) is 6.16. The summed E-state index contributed by atoms with van der Waals surface area (Å²) in [5.74, 6) is 1.81. The Morgan fingerprint density at radius 3 is 2.31 bits per heavy atom. The topological polar surface area (TPSA) is 4.93 Å². The first-order valence-electron chi connectivity index (χ1n) is 9.50. The maximum atomic E-state index is 4.10. The van der Waals surface area contributed by atoms with Crippen LogP contribution in [0.1, 0.15) is 18.2 Å². The second-order valence-electron chi connectivity index (χ2n) is 6.63. The number of hydrogen-bond donors (Lipinski definition) is 0. The fraction of sp³-hybridized carbons (Fsp3) is 0.0769. The summed E-state index contributed by atoms with van der Waals surface area (Å²) in [7, 11) is 0. The van der Waals surface area contributed by atoms with Crippen molar-refractivity contribution in [1.82, 2.24) is 4.57 Å². The van der Waals surface area contributed by atoms with Gasteiger partial charge in [0.2, 0.25) is 0 Å². The number of para-hydroxylation sites is 1. The summed E-state index contributed by atoms with van der Waals surface area (Å²) in [6, 6.07) is 24.0. The third-order valence-corrected chi connectivity index (χ3v) is 6.23. The van der Waals surface area contributed by atoms with Crippen LogP contribution in [-0.2, 0) is 0 Å². The van der Waals surface area contributed by atoms with Crippen molar-refractivity contribution < 1.29 is 0 Å². The number of halogens is 1. The predicted molar refractivity (Wildman–Crippen MR) is 136 cm³/mol. The number of benzene rings is 3. The fourth-order valence-electron chi connectivity index (χ4n) is 3.96. The van der Waals surface area contributed by atoms with Gasteiger partial charge in [-0.1, -0.05) is 77.1 Å². The van der Waals surface area contributed by atoms with E-state index in [1.165, 1.54) is 42.3 Å². The van der Waals surface area contributed by atoms with E-state index in [4.69, 9.17) is 0 Å². The molecular formula is C26H22BrNS. The van der Waals surface area contributed by atoms with Crippen LogP contribution in [0.2, 0.25) is 0 Å². The van der Waals surface area contributed by atoms with Crippen molar-refractivity contribution in [2.24, 2.45) is 0 Å². The zero-order valence-corrected chi connectivity index (χ0v) is 18.9. The van der Waals surface area contributed by atoms with Crippen LogP contribution in [0.15, 0.2) is 79.4 Å². The van der Waals surface area contributed by atoms with Gasteiger partial charge in [-0.15, -0.1) is 11.3 Å². The minimum absolute atomic E-state index is 1.13. The van der Waals surface area contributed by atoms with Gasteiger partial charge in [0.05, 0.1) is 11.2 Å². The molecule has 0 aliphatic heterocycles. The van der Waals surface area contributed by atoms with Gasteiger partial charge >= 0.3 is 0 Å². The fourth-order valence-corrected chi connectivity index (χ4v) is 5.10. The SMILES string of the molecule is C=Cc1c(/C=C\C)c2ccccc2n1-c1ccc2c(c1)sc1ccccc12.CBr. The van der Waals surface area contributed by atoms with E-state index in [2.05, 4.69) is 113 Å². The van der Waals surface area contributed by atoms with E-state index in [1.54, 1.807) is 0 Å². The Morgan fingerprint density at radius 2 is 1.55 bits per heavy atom. The van der Waals surface area contributed by atoms with Crippen molar-refractivity contribution in [1.29, 1.82) is 0 Å². The van der Waals surface area contributed by atoms with E-state index in [0.717, 1.165) is 5.69 Å². The Morgan fingerprint density at radius 1 is 0.862 bits per heavy atom. The monoisotopic (exact) mass is 459 g/mol. The normalized spacial score (nSPS) is 11.3. The quantitative estimate of drug-likeness (QED) is 0.237. The number of rotatable bonds is 3. The Labute approximate surface area is 183 Å². The van der Waals surface area contributed by atoms with Gasteiger partial charge in [-0.25, -0.2) is 0 Å². The lowest BCUT2D eigenvalue weighted by molar-refractivity contribution is 1.11. The molecule has 2 heterocycles. The van der Waals surface area contributed by atoms with Crippen LogP contribution >= 0.6 is 27.3 Å². The zero-order valence-electron chi connectivity index (χ0n) is 16.5. The molecule has 0 atom stereocenters. The van der Waals surface area contributed by atoms with E-state index < -0.39 is 0 Å². The first kappa shape index (κ1) is 19.7. The van der Waals surface area contributed by atoms with E-state index in [9.17, 15) is 0 Å². The van der Waals surface area contributed by atoms with Crippen molar-refractivity contribution in [3.05, 3.63) is 90.6 Å². The molecule has 0 bridgehead atoms. The second kappa shape index (κ2) is 8.40. The minimum Gasteiger partial charge on any atom is -0.309 e. The average Bonchev–Trinajstić information content (AvgIpc) is 3.30. The van der Waals surface area contributed by atoms with Gasteiger partial charge in [0.1, 0.15) is 0 Å². The van der Waals surface area contributed by atoms with Gasteiger partial charge in [0, 0.05) is 36.8 Å². The maximum absolute atomic E-state index is 4.10. The van der Waals surface area contributed by atoms with E-state index >= 15 is 0 Å². The molecule has 0 fully saturated rings. The summed E-state index contributed by atoms with van der Waals surface area (Å²) in [4.78, 5) is 0. The number of nitrogens with zero attached hydrogens (tertiary/aromatic N) is 1. The van der Waals surface area contributed by atoms with E-state index in [0.29, 0.717) is 0 Å². The van der Waals surface area contributed by atoms with Crippen LogP contribution in [0.5, 0.6) is 0 Å². The summed E-state index contributed by atoms with van der Waals surface area (Å²) in [6.07, 6.45) is 6.23. The molecule has 2 aromatic heterocycles. The molecule has 29 heavy (non-hydrogen) atoms. The Balaban J connectivity index is 0.000000994. The number of allylic oxidation sites excluding steroid dienone is 1. The van der Waals surface area contributed by atoms with Crippen molar-refractivity contribution in [3.63, 3.8) is 0 Å². The van der Waals surface area contributed by atoms with Crippen LogP contribution in [-0.4, -0.2) is 10.4 Å². The van der Waals surface area contributed by atoms with Crippen LogP contribution < -0.4 is 0 Å². The summed E-state index contributed by atoms with van der Waals surface area (Å²) >= 11 is 4.79. The molecule has 0 radical (unpaired) electrons. The lowest BCUT2D eigenvalue weighted by Crippen LogP contribution is -1.96. The molecule has 144 valence electrons.